The summed E-state index contributed by atoms with van der Waals surface area (Å²) >= 11 is 0. The fourth-order valence-corrected chi connectivity index (χ4v) is 0.888. The van der Waals surface area contributed by atoms with Crippen LogP contribution < -0.4 is 0 Å². The van der Waals surface area contributed by atoms with Crippen LogP contribution in [0.3, 0.4) is 0 Å². The van der Waals surface area contributed by atoms with Crippen LogP contribution in [0.15, 0.2) is 30.3 Å². The minimum absolute atomic E-state index is 0.0850. The number of hydrogen-bond acceptors (Lipinski definition) is 3. The molecule has 0 aromatic heterocycles. The molecule has 0 aliphatic rings. The molecular weight excluding hydrogens is 252 g/mol. The standard InChI is InChI=1S/C7H6O2.C6H6O4/c8-7(9)6-4-2-1-3-5-6;7-5(8)3-1-2-4-6(9)10/h1-5H,(H,8,9);1,3H2,(H,7,8)(H,9,10). The Bertz CT molecular complexity index is 495. The molecule has 0 saturated heterocycles. The molecular formula is C13H12O6. The van der Waals surface area contributed by atoms with Crippen LogP contribution in [0.2, 0.25) is 0 Å². The lowest BCUT2D eigenvalue weighted by molar-refractivity contribution is -0.137. The van der Waals surface area contributed by atoms with Gasteiger partial charge in [-0.2, -0.15) is 0 Å². The molecule has 1 aromatic rings. The van der Waals surface area contributed by atoms with Gasteiger partial charge in [0.25, 0.3) is 0 Å². The fourth-order valence-electron chi connectivity index (χ4n) is 0.888. The van der Waals surface area contributed by atoms with Crippen LogP contribution in [-0.4, -0.2) is 33.2 Å². The monoisotopic (exact) mass is 264 g/mol. The normalized spacial score (nSPS) is 8.21. The summed E-state index contributed by atoms with van der Waals surface area (Å²) in [5.41, 5.74) is 0.331. The highest BCUT2D eigenvalue weighted by atomic mass is 16.4. The quantitative estimate of drug-likeness (QED) is 0.710. The predicted molar refractivity (Wildman–Crippen MR) is 65.7 cm³/mol. The number of benzene rings is 1. The van der Waals surface area contributed by atoms with E-state index < -0.39 is 17.9 Å². The zero-order valence-corrected chi connectivity index (χ0v) is 9.87. The highest BCUT2D eigenvalue weighted by Gasteiger charge is 1.96. The summed E-state index contributed by atoms with van der Waals surface area (Å²) in [6.07, 6.45) is -0.0259. The van der Waals surface area contributed by atoms with Gasteiger partial charge in [0.1, 0.15) is 0 Å². The molecule has 0 bridgehead atoms. The van der Waals surface area contributed by atoms with Crippen LogP contribution >= 0.6 is 0 Å². The molecule has 1 aromatic carbocycles. The number of carbonyl (C=O) groups is 3. The van der Waals surface area contributed by atoms with Gasteiger partial charge in [-0.3, -0.25) is 4.79 Å². The molecule has 0 amide bonds. The Morgan fingerprint density at radius 3 is 1.95 bits per heavy atom. The van der Waals surface area contributed by atoms with E-state index in [2.05, 4.69) is 5.92 Å². The van der Waals surface area contributed by atoms with Crippen molar-refractivity contribution in [2.45, 2.75) is 12.8 Å². The first kappa shape index (κ1) is 16.2. The first-order valence-corrected chi connectivity index (χ1v) is 5.15. The fraction of sp³-hybridized carbons (Fsp3) is 0.154. The molecule has 1 rings (SSSR count). The van der Waals surface area contributed by atoms with Crippen LogP contribution in [0.1, 0.15) is 23.2 Å². The molecule has 0 spiro atoms. The summed E-state index contributed by atoms with van der Waals surface area (Å²) in [5.74, 6) is 0.907. The third kappa shape index (κ3) is 10.1. The van der Waals surface area contributed by atoms with Gasteiger partial charge in [0.15, 0.2) is 0 Å². The number of aromatic carboxylic acids is 1. The molecule has 0 atom stereocenters. The third-order valence-corrected chi connectivity index (χ3v) is 1.68. The van der Waals surface area contributed by atoms with E-state index in [1.165, 1.54) is 0 Å². The van der Waals surface area contributed by atoms with Gasteiger partial charge in [-0.25, -0.2) is 9.59 Å². The van der Waals surface area contributed by atoms with Gasteiger partial charge in [0.2, 0.25) is 0 Å². The maximum absolute atomic E-state index is 10.2. The van der Waals surface area contributed by atoms with Crippen molar-refractivity contribution in [1.82, 2.24) is 0 Å². The maximum atomic E-state index is 10.2. The van der Waals surface area contributed by atoms with Crippen molar-refractivity contribution in [2.24, 2.45) is 0 Å². The molecule has 0 heterocycles. The Hall–Kier alpha value is -2.81. The Labute approximate surface area is 109 Å². The minimum Gasteiger partial charge on any atom is -0.481 e. The molecule has 0 unspecified atom stereocenters. The topological polar surface area (TPSA) is 112 Å². The lowest BCUT2D eigenvalue weighted by atomic mass is 10.2. The Morgan fingerprint density at radius 1 is 1.00 bits per heavy atom. The smallest absolute Gasteiger partial charge is 0.381 e. The van der Waals surface area contributed by atoms with Gasteiger partial charge in [0, 0.05) is 12.3 Å². The van der Waals surface area contributed by atoms with Crippen molar-refractivity contribution in [2.75, 3.05) is 0 Å². The summed E-state index contributed by atoms with van der Waals surface area (Å²) in [5, 5.41) is 24.4. The van der Waals surface area contributed by atoms with Crippen molar-refractivity contribution in [3.8, 4) is 11.8 Å². The molecule has 0 radical (unpaired) electrons. The van der Waals surface area contributed by atoms with E-state index in [1.54, 1.807) is 36.3 Å². The van der Waals surface area contributed by atoms with E-state index in [9.17, 15) is 14.4 Å². The number of carboxylic acid groups (broad SMARTS) is 3. The average Bonchev–Trinajstić information content (AvgIpc) is 2.36. The minimum atomic E-state index is -1.23. The molecule has 0 fully saturated rings. The van der Waals surface area contributed by atoms with Gasteiger partial charge in [-0.1, -0.05) is 24.1 Å². The average molecular weight is 264 g/mol. The second-order valence-corrected chi connectivity index (χ2v) is 3.17. The van der Waals surface area contributed by atoms with Crippen molar-refractivity contribution >= 4 is 17.9 Å². The molecule has 0 saturated carbocycles. The highest BCUT2D eigenvalue weighted by Crippen LogP contribution is 1.96. The molecule has 6 heteroatoms. The first-order chi connectivity index (χ1) is 8.93. The molecule has 0 aliphatic heterocycles. The molecule has 0 aliphatic carbocycles. The van der Waals surface area contributed by atoms with Crippen LogP contribution in [0.25, 0.3) is 0 Å². The number of aliphatic carboxylic acids is 2. The molecule has 6 nitrogen and oxygen atoms in total. The summed E-state index contributed by atoms with van der Waals surface area (Å²) < 4.78 is 0. The molecule has 19 heavy (non-hydrogen) atoms. The molecule has 100 valence electrons. The Kier molecular flexibility index (Phi) is 7.88. The van der Waals surface area contributed by atoms with Gasteiger partial charge >= 0.3 is 17.9 Å². The van der Waals surface area contributed by atoms with E-state index in [4.69, 9.17) is 15.3 Å². The maximum Gasteiger partial charge on any atom is 0.381 e. The number of hydrogen-bond donors (Lipinski definition) is 3. The Morgan fingerprint density at radius 2 is 1.58 bits per heavy atom. The first-order valence-electron chi connectivity index (χ1n) is 5.15. The summed E-state index contributed by atoms with van der Waals surface area (Å²) in [6, 6.07) is 8.30. The van der Waals surface area contributed by atoms with Gasteiger partial charge in [0.05, 0.1) is 12.0 Å². The third-order valence-electron chi connectivity index (χ3n) is 1.68. The predicted octanol–water partition coefficient (Wildman–Crippen LogP) is 1.32. The number of carboxylic acids is 3. The van der Waals surface area contributed by atoms with E-state index in [0.29, 0.717) is 5.56 Å². The summed E-state index contributed by atoms with van der Waals surface area (Å²) in [7, 11) is 0. The van der Waals surface area contributed by atoms with Crippen molar-refractivity contribution in [3.05, 3.63) is 35.9 Å². The lowest BCUT2D eigenvalue weighted by Crippen LogP contribution is -1.93. The van der Waals surface area contributed by atoms with Crippen molar-refractivity contribution in [1.29, 1.82) is 0 Å². The Balaban J connectivity index is 0.000000342. The van der Waals surface area contributed by atoms with Gasteiger partial charge < -0.3 is 15.3 Å². The van der Waals surface area contributed by atoms with Crippen LogP contribution in [0.5, 0.6) is 0 Å². The van der Waals surface area contributed by atoms with E-state index >= 15 is 0 Å². The van der Waals surface area contributed by atoms with Crippen LogP contribution in [0.4, 0.5) is 0 Å². The van der Waals surface area contributed by atoms with E-state index in [0.717, 1.165) is 0 Å². The lowest BCUT2D eigenvalue weighted by Gasteiger charge is -1.88. The second-order valence-electron chi connectivity index (χ2n) is 3.17. The highest BCUT2D eigenvalue weighted by molar-refractivity contribution is 5.87. The van der Waals surface area contributed by atoms with Crippen LogP contribution in [0, 0.1) is 11.8 Å². The van der Waals surface area contributed by atoms with Gasteiger partial charge in [-0.15, -0.1) is 0 Å². The second kappa shape index (κ2) is 9.24. The summed E-state index contributed by atoms with van der Waals surface area (Å²) in [6.45, 7) is 0. The van der Waals surface area contributed by atoms with E-state index in [1.807, 2.05) is 0 Å². The largest absolute Gasteiger partial charge is 0.481 e. The van der Waals surface area contributed by atoms with Gasteiger partial charge in [-0.05, 0) is 12.1 Å². The number of rotatable bonds is 3. The molecule has 3 N–H and O–H groups in total. The van der Waals surface area contributed by atoms with E-state index in [-0.39, 0.29) is 12.8 Å². The zero-order chi connectivity index (χ0) is 14.7. The zero-order valence-electron chi connectivity index (χ0n) is 9.87. The van der Waals surface area contributed by atoms with Crippen LogP contribution in [-0.2, 0) is 9.59 Å². The van der Waals surface area contributed by atoms with Crippen molar-refractivity contribution < 1.29 is 29.7 Å². The summed E-state index contributed by atoms with van der Waals surface area (Å²) in [4.78, 5) is 29.8. The SMILES string of the molecule is O=C(O)C#CCCC(=O)O.O=C(O)c1ccccc1. The van der Waals surface area contributed by atoms with Crippen molar-refractivity contribution in [3.63, 3.8) is 0 Å².